The average Bonchev–Trinajstić information content (AvgIpc) is 3.00. The number of nitriles is 2. The number of nitrogens with zero attached hydrogens (tertiary/aromatic N) is 2. The van der Waals surface area contributed by atoms with E-state index >= 15 is 0 Å². The number of carbonyl (C=O) groups excluding carboxylic acids is 1. The van der Waals surface area contributed by atoms with Crippen molar-refractivity contribution in [1.29, 1.82) is 10.5 Å². The molecule has 1 aromatic carbocycles. The molecule has 1 amide bonds. The molecule has 0 aliphatic heterocycles. The van der Waals surface area contributed by atoms with Crippen LogP contribution in [0.5, 0.6) is 5.75 Å². The van der Waals surface area contributed by atoms with Crippen LogP contribution in [0.2, 0.25) is 0 Å². The van der Waals surface area contributed by atoms with Gasteiger partial charge in [0, 0.05) is 14.9 Å². The fourth-order valence-corrected chi connectivity index (χ4v) is 5.73. The summed E-state index contributed by atoms with van der Waals surface area (Å²) in [4.78, 5) is 13.7. The first kappa shape index (κ1) is 19.9. The quantitative estimate of drug-likeness (QED) is 0.313. The summed E-state index contributed by atoms with van der Waals surface area (Å²) in [7, 11) is 0. The van der Waals surface area contributed by atoms with E-state index in [0.717, 1.165) is 40.6 Å². The number of hydrogen-bond acceptors (Lipinski definition) is 5. The van der Waals surface area contributed by atoms with Gasteiger partial charge in [0.2, 0.25) is 0 Å². The Bertz CT molecular complexity index is 1050. The molecule has 8 heteroatoms. The summed E-state index contributed by atoms with van der Waals surface area (Å²) < 4.78 is 1.33. The molecule has 0 saturated heterocycles. The van der Waals surface area contributed by atoms with Crippen LogP contribution in [-0.2, 0) is 17.6 Å². The Morgan fingerprint density at radius 2 is 2.07 bits per heavy atom. The summed E-state index contributed by atoms with van der Waals surface area (Å²) >= 11 is 6.72. The van der Waals surface area contributed by atoms with Gasteiger partial charge in [-0.25, -0.2) is 0 Å². The number of amides is 1. The topological polar surface area (TPSA) is 96.9 Å². The van der Waals surface area contributed by atoms with E-state index < -0.39 is 5.91 Å². The van der Waals surface area contributed by atoms with E-state index in [0.29, 0.717) is 19.7 Å². The van der Waals surface area contributed by atoms with E-state index in [1.54, 1.807) is 12.1 Å². The maximum Gasteiger partial charge on any atom is 0.266 e. The molecule has 0 unspecified atom stereocenters. The van der Waals surface area contributed by atoms with E-state index in [9.17, 15) is 20.4 Å². The third-order valence-corrected chi connectivity index (χ3v) is 6.72. The number of anilines is 1. The van der Waals surface area contributed by atoms with Gasteiger partial charge in [0.05, 0.1) is 9.13 Å². The first-order valence-corrected chi connectivity index (χ1v) is 10.8. The molecule has 0 spiro atoms. The highest BCUT2D eigenvalue weighted by Crippen LogP contribution is 2.38. The molecule has 1 heterocycles. The minimum atomic E-state index is -0.595. The van der Waals surface area contributed by atoms with Crippen molar-refractivity contribution in [2.45, 2.75) is 25.7 Å². The van der Waals surface area contributed by atoms with E-state index in [1.807, 2.05) is 28.7 Å². The fraction of sp³-hybridized carbons (Fsp3) is 0.211. The van der Waals surface area contributed by atoms with Crippen molar-refractivity contribution < 1.29 is 9.90 Å². The zero-order valence-corrected chi connectivity index (χ0v) is 18.5. The van der Waals surface area contributed by atoms with Gasteiger partial charge in [-0.3, -0.25) is 4.79 Å². The normalized spacial score (nSPS) is 13.4. The Morgan fingerprint density at radius 1 is 1.33 bits per heavy atom. The summed E-state index contributed by atoms with van der Waals surface area (Å²) in [5.41, 5.74) is 1.74. The van der Waals surface area contributed by atoms with E-state index in [2.05, 4.69) is 27.3 Å². The Hall–Kier alpha value is -1.88. The van der Waals surface area contributed by atoms with Gasteiger partial charge in [-0.1, -0.05) is 15.9 Å². The van der Waals surface area contributed by atoms with Crippen LogP contribution in [0, 0.1) is 26.2 Å². The van der Waals surface area contributed by atoms with Crippen molar-refractivity contribution in [3.63, 3.8) is 0 Å². The first-order chi connectivity index (χ1) is 12.9. The van der Waals surface area contributed by atoms with E-state index in [4.69, 9.17) is 0 Å². The second kappa shape index (κ2) is 8.42. The zero-order chi connectivity index (χ0) is 19.6. The number of nitrogens with one attached hydrogen (secondary N) is 1. The zero-order valence-electron chi connectivity index (χ0n) is 14.0. The standard InChI is InChI=1S/C19H13BrIN3O2S/c20-12-6-10(17(25)15(21)7-12)5-11(8-22)18(26)24-19-14(9-23)13-3-1-2-4-16(13)27-19/h5-7,25H,1-4H2,(H,24,26)/b11-5+. The largest absolute Gasteiger partial charge is 0.506 e. The van der Waals surface area contributed by atoms with E-state index in [1.165, 1.54) is 17.4 Å². The van der Waals surface area contributed by atoms with Gasteiger partial charge >= 0.3 is 0 Å². The molecule has 2 aromatic rings. The lowest BCUT2D eigenvalue weighted by Gasteiger charge is -2.09. The lowest BCUT2D eigenvalue weighted by molar-refractivity contribution is -0.112. The number of thiophene rings is 1. The summed E-state index contributed by atoms with van der Waals surface area (Å²) in [6.45, 7) is 0. The molecule has 3 rings (SSSR count). The first-order valence-electron chi connectivity index (χ1n) is 8.10. The third kappa shape index (κ3) is 4.18. The van der Waals surface area contributed by atoms with Gasteiger partial charge in [0.1, 0.15) is 28.5 Å². The van der Waals surface area contributed by atoms with Crippen LogP contribution in [-0.4, -0.2) is 11.0 Å². The van der Waals surface area contributed by atoms with Gasteiger partial charge in [-0.15, -0.1) is 11.3 Å². The molecule has 0 fully saturated rings. The molecule has 0 radical (unpaired) electrons. The van der Waals surface area contributed by atoms with Crippen LogP contribution < -0.4 is 5.32 Å². The molecule has 1 aromatic heterocycles. The van der Waals surface area contributed by atoms with Crippen molar-refractivity contribution in [3.8, 4) is 17.9 Å². The maximum absolute atomic E-state index is 12.6. The van der Waals surface area contributed by atoms with Crippen molar-refractivity contribution in [1.82, 2.24) is 0 Å². The SMILES string of the molecule is N#C/C(=C\c1cc(Br)cc(I)c1O)C(=O)Nc1sc2c(c1C#N)CCCC2. The minimum absolute atomic E-state index is 0.00338. The summed E-state index contributed by atoms with van der Waals surface area (Å²) in [6, 6.07) is 7.43. The molecular weight excluding hydrogens is 541 g/mol. The second-order valence-electron chi connectivity index (χ2n) is 5.98. The number of hydrogen-bond donors (Lipinski definition) is 2. The lowest BCUT2D eigenvalue weighted by Crippen LogP contribution is -2.13. The van der Waals surface area contributed by atoms with Crippen LogP contribution in [0.1, 0.15) is 34.4 Å². The predicted octanol–water partition coefficient (Wildman–Crippen LogP) is 5.12. The van der Waals surface area contributed by atoms with Crippen LogP contribution in [0.25, 0.3) is 6.08 Å². The Kier molecular flexibility index (Phi) is 6.20. The fourth-order valence-electron chi connectivity index (χ4n) is 2.94. The molecular formula is C19H13BrIN3O2S. The number of phenols is 1. The molecule has 1 aliphatic carbocycles. The summed E-state index contributed by atoms with van der Waals surface area (Å²) in [5, 5.41) is 32.3. The summed E-state index contributed by atoms with van der Waals surface area (Å²) in [5.74, 6) is -0.592. The van der Waals surface area contributed by atoms with Crippen molar-refractivity contribution >= 4 is 66.8 Å². The van der Waals surface area contributed by atoms with Gasteiger partial charge in [0.25, 0.3) is 5.91 Å². The monoisotopic (exact) mass is 553 g/mol. The lowest BCUT2D eigenvalue weighted by atomic mass is 9.96. The van der Waals surface area contributed by atoms with Crippen molar-refractivity contribution in [2.75, 3.05) is 5.32 Å². The number of phenolic OH excluding ortho intramolecular Hbond substituents is 1. The number of benzene rings is 1. The number of aryl methyl sites for hydroxylation is 1. The predicted molar refractivity (Wildman–Crippen MR) is 116 cm³/mol. The molecule has 1 aliphatic rings. The number of carbonyl (C=O) groups is 1. The second-order valence-corrected chi connectivity index (χ2v) is 9.16. The van der Waals surface area contributed by atoms with Gasteiger partial charge in [0.15, 0.2) is 0 Å². The smallest absolute Gasteiger partial charge is 0.266 e. The van der Waals surface area contributed by atoms with Gasteiger partial charge in [-0.05, 0) is 72.0 Å². The van der Waals surface area contributed by atoms with Crippen LogP contribution in [0.15, 0.2) is 22.2 Å². The maximum atomic E-state index is 12.6. The minimum Gasteiger partial charge on any atom is -0.506 e. The van der Waals surface area contributed by atoms with Crippen molar-refractivity contribution in [3.05, 3.63) is 47.3 Å². The van der Waals surface area contributed by atoms with Crippen LogP contribution in [0.4, 0.5) is 5.00 Å². The number of fused-ring (bicyclic) bond motifs is 1. The molecule has 27 heavy (non-hydrogen) atoms. The molecule has 0 saturated carbocycles. The Morgan fingerprint density at radius 3 is 2.78 bits per heavy atom. The Balaban J connectivity index is 1.93. The van der Waals surface area contributed by atoms with Crippen LogP contribution >= 0.6 is 49.9 Å². The van der Waals surface area contributed by atoms with Crippen molar-refractivity contribution in [2.24, 2.45) is 0 Å². The number of rotatable bonds is 3. The number of halogens is 2. The highest BCUT2D eigenvalue weighted by Gasteiger charge is 2.23. The van der Waals surface area contributed by atoms with Gasteiger partial charge < -0.3 is 10.4 Å². The van der Waals surface area contributed by atoms with Crippen LogP contribution in [0.3, 0.4) is 0 Å². The molecule has 136 valence electrons. The van der Waals surface area contributed by atoms with Gasteiger partial charge in [-0.2, -0.15) is 10.5 Å². The summed E-state index contributed by atoms with van der Waals surface area (Å²) in [6.07, 6.45) is 5.22. The average molecular weight is 554 g/mol. The molecule has 0 bridgehead atoms. The number of aromatic hydroxyl groups is 1. The molecule has 2 N–H and O–H groups in total. The molecule has 0 atom stereocenters. The Labute approximate surface area is 182 Å². The van der Waals surface area contributed by atoms with E-state index in [-0.39, 0.29) is 11.3 Å². The highest BCUT2D eigenvalue weighted by atomic mass is 127. The molecule has 5 nitrogen and oxygen atoms in total. The third-order valence-electron chi connectivity index (χ3n) is 4.23. The highest BCUT2D eigenvalue weighted by molar-refractivity contribution is 14.1.